The number of aromatic amines is 1. The molecule has 210 valence electrons. The Kier molecular flexibility index (Phi) is 5.84. The summed E-state index contributed by atoms with van der Waals surface area (Å²) in [6.07, 6.45) is 1.93. The number of hydrogen-bond donors (Lipinski definition) is 5. The van der Waals surface area contributed by atoms with Gasteiger partial charge in [-0.3, -0.25) is 29.4 Å². The fourth-order valence-electron chi connectivity index (χ4n) is 6.07. The number of rotatable bonds is 4. The lowest BCUT2D eigenvalue weighted by Crippen LogP contribution is -2.36. The predicted molar refractivity (Wildman–Crippen MR) is 147 cm³/mol. The van der Waals surface area contributed by atoms with Crippen LogP contribution in [0.2, 0.25) is 0 Å². The summed E-state index contributed by atoms with van der Waals surface area (Å²) in [5.41, 5.74) is -2.72. The van der Waals surface area contributed by atoms with Crippen LogP contribution < -0.4 is 11.0 Å². The molecule has 3 aliphatic rings. The molecule has 0 saturated carbocycles. The summed E-state index contributed by atoms with van der Waals surface area (Å²) in [5.74, 6) is -6.89. The highest BCUT2D eigenvalue weighted by atomic mass is 79.9. The van der Waals surface area contributed by atoms with Crippen molar-refractivity contribution in [2.24, 2.45) is 5.10 Å². The minimum Gasteiger partial charge on any atom is -0.507 e. The number of hydrogen-bond acceptors (Lipinski definition) is 12. The quantitative estimate of drug-likeness (QED) is 0.0699. The number of hydrazone groups is 1. The summed E-state index contributed by atoms with van der Waals surface area (Å²) >= 11 is 3.45. The number of ether oxygens (including phenoxy) is 1. The van der Waals surface area contributed by atoms with Gasteiger partial charge in [-0.15, -0.1) is 0 Å². The molecule has 42 heavy (non-hydrogen) atoms. The number of aromatic hydroxyl groups is 3. The number of phenols is 3. The molecule has 1 atom stereocenters. The van der Waals surface area contributed by atoms with E-state index in [1.54, 1.807) is 0 Å². The fourth-order valence-corrected chi connectivity index (χ4v) is 6.78. The van der Waals surface area contributed by atoms with Crippen molar-refractivity contribution in [2.75, 3.05) is 13.7 Å². The van der Waals surface area contributed by atoms with Gasteiger partial charge in [0, 0.05) is 21.5 Å². The summed E-state index contributed by atoms with van der Waals surface area (Å²) in [7, 11) is 1.12. The second-order valence-electron chi connectivity index (χ2n) is 9.78. The lowest BCUT2D eigenvalue weighted by Gasteiger charge is -2.23. The first kappa shape index (κ1) is 26.9. The van der Waals surface area contributed by atoms with Gasteiger partial charge in [-0.2, -0.15) is 10.4 Å². The minimum atomic E-state index is -2.16. The van der Waals surface area contributed by atoms with Crippen molar-refractivity contribution in [1.82, 2.24) is 10.4 Å². The molecule has 0 bridgehead atoms. The Hall–Kier alpha value is -5.29. The van der Waals surface area contributed by atoms with Gasteiger partial charge in [0.15, 0.2) is 23.1 Å². The standard InChI is InChI=1S/C28H17BrN4O9/c1-42-13-7-12(34)15-16(21(13)35)23(37)18-17(22(15)36)25(39)28(26(18)40)3-2-10-19(28)24(38)14-11(20(10)29)6-9(33-27(14)41)8-32-31-5-4-30/h6-8,31,36-38H,2-3,5H2,1H3,(H,33,41)/b32-8+/t28-/m0/s1. The van der Waals surface area contributed by atoms with Gasteiger partial charge in [-0.05, 0) is 40.4 Å². The monoisotopic (exact) mass is 632 g/mol. The van der Waals surface area contributed by atoms with Crippen LogP contribution in [0.4, 0.5) is 0 Å². The van der Waals surface area contributed by atoms with Crippen LogP contribution in [0.5, 0.6) is 17.2 Å². The maximum absolute atomic E-state index is 14.1. The molecule has 3 aromatic rings. The van der Waals surface area contributed by atoms with Crippen molar-refractivity contribution in [3.05, 3.63) is 71.8 Å². The zero-order valence-corrected chi connectivity index (χ0v) is 23.0. The first-order valence-electron chi connectivity index (χ1n) is 12.3. The number of benzene rings is 2. The highest BCUT2D eigenvalue weighted by molar-refractivity contribution is 9.10. The highest BCUT2D eigenvalue weighted by Crippen LogP contribution is 2.58. The number of Topliss-reactive ketones (excluding diaryl/α,β-unsaturated/α-hetero) is 3. The summed E-state index contributed by atoms with van der Waals surface area (Å²) in [6, 6.07) is 3.34. The van der Waals surface area contributed by atoms with Crippen LogP contribution in [-0.2, 0) is 16.6 Å². The third kappa shape index (κ3) is 3.22. The SMILES string of the molecule is COC1=CC(=O)c2c(O)c3c(c(O)c2C1=O)C(=O)[C@]1(CCc2c1c(O)c1c(=O)[nH]c(/C=N/NCC#N)cc1c2Br)C3=O. The molecule has 0 unspecified atom stereocenters. The Morgan fingerprint density at radius 3 is 2.40 bits per heavy atom. The van der Waals surface area contributed by atoms with Crippen molar-refractivity contribution in [3.63, 3.8) is 0 Å². The number of ketones is 4. The van der Waals surface area contributed by atoms with Crippen LogP contribution in [0, 0.1) is 11.3 Å². The molecule has 14 heteroatoms. The Morgan fingerprint density at radius 2 is 1.76 bits per heavy atom. The van der Waals surface area contributed by atoms with Crippen molar-refractivity contribution in [3.8, 4) is 23.3 Å². The van der Waals surface area contributed by atoms with Crippen LogP contribution in [0.25, 0.3) is 10.8 Å². The van der Waals surface area contributed by atoms with E-state index in [1.807, 2.05) is 6.07 Å². The maximum atomic E-state index is 14.1. The number of nitriles is 1. The molecule has 1 heterocycles. The van der Waals surface area contributed by atoms with E-state index in [4.69, 9.17) is 10.00 Å². The molecule has 0 amide bonds. The Bertz CT molecular complexity index is 2040. The van der Waals surface area contributed by atoms with Gasteiger partial charge in [0.2, 0.25) is 5.78 Å². The summed E-state index contributed by atoms with van der Waals surface area (Å²) in [5, 5.41) is 46.2. The maximum Gasteiger partial charge on any atom is 0.260 e. The van der Waals surface area contributed by atoms with E-state index < -0.39 is 79.4 Å². The number of halogens is 1. The molecule has 1 spiro atoms. The number of carbonyl (C=O) groups is 4. The number of nitrogens with one attached hydrogen (secondary N) is 2. The van der Waals surface area contributed by atoms with Gasteiger partial charge in [0.1, 0.15) is 29.2 Å². The second kappa shape index (κ2) is 9.11. The van der Waals surface area contributed by atoms with Crippen LogP contribution in [0.15, 0.2) is 32.3 Å². The third-order valence-corrected chi connectivity index (χ3v) is 8.72. The molecule has 6 rings (SSSR count). The van der Waals surface area contributed by atoms with Gasteiger partial charge >= 0.3 is 0 Å². The first-order chi connectivity index (χ1) is 20.0. The third-order valence-electron chi connectivity index (χ3n) is 7.82. The summed E-state index contributed by atoms with van der Waals surface area (Å²) < 4.78 is 5.22. The van der Waals surface area contributed by atoms with Crippen molar-refractivity contribution >= 4 is 56.0 Å². The Morgan fingerprint density at radius 1 is 1.10 bits per heavy atom. The second-order valence-corrected chi connectivity index (χ2v) is 10.6. The van der Waals surface area contributed by atoms with E-state index >= 15 is 0 Å². The van der Waals surface area contributed by atoms with E-state index in [-0.39, 0.29) is 41.4 Å². The van der Waals surface area contributed by atoms with Gasteiger partial charge in [0.25, 0.3) is 5.56 Å². The van der Waals surface area contributed by atoms with Crippen LogP contribution in [0.1, 0.15) is 64.7 Å². The lowest BCUT2D eigenvalue weighted by molar-refractivity contribution is 0.0790. The van der Waals surface area contributed by atoms with Gasteiger partial charge in [-0.25, -0.2) is 0 Å². The molecular formula is C28H17BrN4O9. The average molecular weight is 633 g/mol. The normalized spacial score (nSPS) is 18.8. The lowest BCUT2D eigenvalue weighted by atomic mass is 9.76. The molecule has 5 N–H and O–H groups in total. The van der Waals surface area contributed by atoms with Crippen molar-refractivity contribution in [2.45, 2.75) is 18.3 Å². The summed E-state index contributed by atoms with van der Waals surface area (Å²) in [4.78, 5) is 69.6. The van der Waals surface area contributed by atoms with E-state index in [1.165, 1.54) is 12.3 Å². The molecule has 3 aliphatic carbocycles. The minimum absolute atomic E-state index is 0.0688. The number of phenolic OH excluding ortho intramolecular Hbond substituents is 3. The Balaban J connectivity index is 1.59. The largest absolute Gasteiger partial charge is 0.507 e. The van der Waals surface area contributed by atoms with Crippen LogP contribution in [-0.4, -0.2) is 63.3 Å². The van der Waals surface area contributed by atoms with Crippen LogP contribution in [0.3, 0.4) is 0 Å². The molecule has 0 aliphatic heterocycles. The summed E-state index contributed by atoms with van der Waals surface area (Å²) in [6.45, 7) is -0.0701. The molecular weight excluding hydrogens is 616 g/mol. The number of methoxy groups -OCH3 is 1. The van der Waals surface area contributed by atoms with Gasteiger partial charge < -0.3 is 25.0 Å². The topological polar surface area (TPSA) is 219 Å². The van der Waals surface area contributed by atoms with Gasteiger partial charge in [0.05, 0.1) is 52.7 Å². The first-order valence-corrected chi connectivity index (χ1v) is 13.1. The molecule has 1 aromatic heterocycles. The smallest absolute Gasteiger partial charge is 0.260 e. The molecule has 2 aromatic carbocycles. The van der Waals surface area contributed by atoms with E-state index in [0.717, 1.165) is 13.2 Å². The predicted octanol–water partition coefficient (Wildman–Crippen LogP) is 2.03. The van der Waals surface area contributed by atoms with Crippen LogP contribution >= 0.6 is 15.9 Å². The van der Waals surface area contributed by atoms with Gasteiger partial charge in [-0.1, -0.05) is 0 Å². The van der Waals surface area contributed by atoms with E-state index in [9.17, 15) is 39.3 Å². The number of pyridine rings is 1. The Labute approximate surface area is 242 Å². The number of nitrogens with zero attached hydrogens (tertiary/aromatic N) is 2. The molecule has 13 nitrogen and oxygen atoms in total. The van der Waals surface area contributed by atoms with Crippen molar-refractivity contribution < 1.29 is 39.2 Å². The molecule has 0 saturated heterocycles. The van der Waals surface area contributed by atoms with E-state index in [2.05, 4.69) is 31.4 Å². The van der Waals surface area contributed by atoms with Crippen molar-refractivity contribution in [1.29, 1.82) is 5.26 Å². The average Bonchev–Trinajstić information content (AvgIpc) is 3.47. The molecule has 0 radical (unpaired) electrons. The number of H-pyrrole nitrogens is 1. The number of aromatic nitrogens is 1. The highest BCUT2D eigenvalue weighted by Gasteiger charge is 2.62. The molecule has 0 fully saturated rings. The fraction of sp³-hybridized carbons (Fsp3) is 0.179. The number of carbonyl (C=O) groups excluding carboxylic acids is 4. The number of fused-ring (bicyclic) bond motifs is 5. The number of allylic oxidation sites excluding steroid dienone is 2. The van der Waals surface area contributed by atoms with E-state index in [0.29, 0.717) is 10.0 Å². The zero-order chi connectivity index (χ0) is 30.2. The zero-order valence-electron chi connectivity index (χ0n) is 21.4.